The molecule has 0 spiro atoms. The minimum atomic E-state index is 0.272. The molecule has 1 rings (SSSR count). The molecule has 1 N–H and O–H groups in total. The summed E-state index contributed by atoms with van der Waals surface area (Å²) in [7, 11) is 0. The van der Waals surface area contributed by atoms with Gasteiger partial charge >= 0.3 is 0 Å². The molecule has 0 aliphatic rings. The molecule has 0 aliphatic heterocycles. The summed E-state index contributed by atoms with van der Waals surface area (Å²) in [6.07, 6.45) is 0. The van der Waals surface area contributed by atoms with Crippen molar-refractivity contribution < 1.29 is 0 Å². The van der Waals surface area contributed by atoms with E-state index in [0.717, 1.165) is 26.2 Å². The monoisotopic (exact) mass is 276 g/mol. The van der Waals surface area contributed by atoms with E-state index >= 15 is 0 Å². The first-order chi connectivity index (χ1) is 9.34. The molecule has 0 aliphatic carbocycles. The van der Waals surface area contributed by atoms with Gasteiger partial charge in [0.2, 0.25) is 0 Å². The molecule has 0 fully saturated rings. The van der Waals surface area contributed by atoms with E-state index in [9.17, 15) is 0 Å². The van der Waals surface area contributed by atoms with Crippen molar-refractivity contribution >= 4 is 5.69 Å². The van der Waals surface area contributed by atoms with Gasteiger partial charge in [0, 0.05) is 25.3 Å². The van der Waals surface area contributed by atoms with E-state index in [1.165, 1.54) is 11.3 Å². The lowest BCUT2D eigenvalue weighted by Crippen LogP contribution is -2.41. The summed E-state index contributed by atoms with van der Waals surface area (Å²) < 4.78 is 0. The molecule has 0 saturated carbocycles. The van der Waals surface area contributed by atoms with Crippen molar-refractivity contribution in [2.24, 2.45) is 11.3 Å². The maximum Gasteiger partial charge on any atom is 0.0368 e. The number of rotatable bonds is 8. The fourth-order valence-electron chi connectivity index (χ4n) is 2.48. The molecule has 0 amide bonds. The highest BCUT2D eigenvalue weighted by molar-refractivity contribution is 5.48. The van der Waals surface area contributed by atoms with Gasteiger partial charge in [0.05, 0.1) is 0 Å². The van der Waals surface area contributed by atoms with Gasteiger partial charge in [-0.15, -0.1) is 0 Å². The molecule has 0 atom stereocenters. The Labute approximate surface area is 125 Å². The summed E-state index contributed by atoms with van der Waals surface area (Å²) in [6.45, 7) is 17.9. The Balaban J connectivity index is 2.62. The van der Waals surface area contributed by atoms with Gasteiger partial charge in [0.25, 0.3) is 0 Å². The second-order valence-electron chi connectivity index (χ2n) is 7.04. The average Bonchev–Trinajstić information content (AvgIpc) is 2.35. The molecule has 20 heavy (non-hydrogen) atoms. The lowest BCUT2D eigenvalue weighted by atomic mass is 9.92. The first-order valence-electron chi connectivity index (χ1n) is 7.86. The van der Waals surface area contributed by atoms with E-state index in [1.54, 1.807) is 0 Å². The van der Waals surface area contributed by atoms with Gasteiger partial charge in [0.1, 0.15) is 0 Å². The summed E-state index contributed by atoms with van der Waals surface area (Å²) in [5.74, 6) is 0.713. The maximum atomic E-state index is 3.59. The normalized spacial score (nSPS) is 11.9. The molecule has 0 unspecified atom stereocenters. The molecule has 2 heteroatoms. The van der Waals surface area contributed by atoms with Gasteiger partial charge in [-0.3, -0.25) is 0 Å². The third-order valence-corrected chi connectivity index (χ3v) is 3.52. The largest absolute Gasteiger partial charge is 0.371 e. The number of anilines is 1. The quantitative estimate of drug-likeness (QED) is 0.769. The SMILES string of the molecule is CCN(CC(C)(C)CNCC(C)C)c1cccc(C)c1. The van der Waals surface area contributed by atoms with Crippen molar-refractivity contribution in [3.05, 3.63) is 29.8 Å². The van der Waals surface area contributed by atoms with Crippen molar-refractivity contribution in [2.75, 3.05) is 31.1 Å². The Morgan fingerprint density at radius 2 is 1.95 bits per heavy atom. The highest BCUT2D eigenvalue weighted by Crippen LogP contribution is 2.22. The number of hydrogen-bond donors (Lipinski definition) is 1. The van der Waals surface area contributed by atoms with Crippen molar-refractivity contribution in [1.29, 1.82) is 0 Å². The van der Waals surface area contributed by atoms with Crippen LogP contribution in [0.15, 0.2) is 24.3 Å². The standard InChI is InChI=1S/C18H32N2/c1-7-20(17-10-8-9-16(4)11-17)14-18(5,6)13-19-12-15(2)3/h8-11,15,19H,7,12-14H2,1-6H3. The predicted molar refractivity (Wildman–Crippen MR) is 90.6 cm³/mol. The minimum Gasteiger partial charge on any atom is -0.371 e. The molecule has 2 nitrogen and oxygen atoms in total. The van der Waals surface area contributed by atoms with Crippen LogP contribution in [0.4, 0.5) is 5.69 Å². The highest BCUT2D eigenvalue weighted by Gasteiger charge is 2.21. The zero-order valence-corrected chi connectivity index (χ0v) is 14.2. The van der Waals surface area contributed by atoms with Crippen LogP contribution in [0.1, 0.15) is 40.2 Å². The van der Waals surface area contributed by atoms with Gasteiger partial charge in [-0.25, -0.2) is 0 Å². The van der Waals surface area contributed by atoms with E-state index in [0.29, 0.717) is 5.92 Å². The second-order valence-corrected chi connectivity index (χ2v) is 7.04. The van der Waals surface area contributed by atoms with Gasteiger partial charge in [0.15, 0.2) is 0 Å². The molecule has 0 aromatic heterocycles. The van der Waals surface area contributed by atoms with Crippen LogP contribution in [0.2, 0.25) is 0 Å². The predicted octanol–water partition coefficient (Wildman–Crippen LogP) is 4.09. The second kappa shape index (κ2) is 7.68. The molecule has 0 radical (unpaired) electrons. The van der Waals surface area contributed by atoms with Crippen LogP contribution in [0, 0.1) is 18.3 Å². The fourth-order valence-corrected chi connectivity index (χ4v) is 2.48. The first-order valence-corrected chi connectivity index (χ1v) is 7.86. The maximum absolute atomic E-state index is 3.59. The lowest BCUT2D eigenvalue weighted by Gasteiger charge is -2.34. The summed E-state index contributed by atoms with van der Waals surface area (Å²) in [5.41, 5.74) is 2.94. The molecule has 1 aromatic rings. The summed E-state index contributed by atoms with van der Waals surface area (Å²) in [5, 5.41) is 3.59. The van der Waals surface area contributed by atoms with Crippen LogP contribution in [-0.2, 0) is 0 Å². The molecular formula is C18H32N2. The number of nitrogens with zero attached hydrogens (tertiary/aromatic N) is 1. The molecule has 0 heterocycles. The zero-order chi connectivity index (χ0) is 15.2. The van der Waals surface area contributed by atoms with E-state index < -0.39 is 0 Å². The lowest BCUT2D eigenvalue weighted by molar-refractivity contribution is 0.334. The third-order valence-electron chi connectivity index (χ3n) is 3.52. The summed E-state index contributed by atoms with van der Waals surface area (Å²) >= 11 is 0. The van der Waals surface area contributed by atoms with Crippen molar-refractivity contribution in [2.45, 2.75) is 41.5 Å². The van der Waals surface area contributed by atoms with Crippen LogP contribution in [0.5, 0.6) is 0 Å². The smallest absolute Gasteiger partial charge is 0.0368 e. The first kappa shape index (κ1) is 17.0. The van der Waals surface area contributed by atoms with Gasteiger partial charge in [-0.2, -0.15) is 0 Å². The van der Waals surface area contributed by atoms with Crippen LogP contribution >= 0.6 is 0 Å². The average molecular weight is 276 g/mol. The van der Waals surface area contributed by atoms with Gasteiger partial charge in [-0.05, 0) is 49.4 Å². The molecular weight excluding hydrogens is 244 g/mol. The van der Waals surface area contributed by atoms with Crippen molar-refractivity contribution in [1.82, 2.24) is 5.32 Å². The van der Waals surface area contributed by atoms with Crippen molar-refractivity contribution in [3.63, 3.8) is 0 Å². The number of aryl methyl sites for hydroxylation is 1. The van der Waals surface area contributed by atoms with E-state index in [1.807, 2.05) is 0 Å². The summed E-state index contributed by atoms with van der Waals surface area (Å²) in [4.78, 5) is 2.48. The highest BCUT2D eigenvalue weighted by atomic mass is 15.1. The molecule has 1 aromatic carbocycles. The Hall–Kier alpha value is -1.02. The van der Waals surface area contributed by atoms with Crippen molar-refractivity contribution in [3.8, 4) is 0 Å². The molecule has 114 valence electrons. The Morgan fingerprint density at radius 3 is 2.50 bits per heavy atom. The molecule has 0 bridgehead atoms. The topological polar surface area (TPSA) is 15.3 Å². The molecule has 0 saturated heterocycles. The summed E-state index contributed by atoms with van der Waals surface area (Å²) in [6, 6.07) is 8.80. The third kappa shape index (κ3) is 5.96. The number of nitrogens with one attached hydrogen (secondary N) is 1. The van der Waals surface area contributed by atoms with Gasteiger partial charge in [-0.1, -0.05) is 39.8 Å². The fraction of sp³-hybridized carbons (Fsp3) is 0.667. The van der Waals surface area contributed by atoms with E-state index in [2.05, 4.69) is 76.0 Å². The zero-order valence-electron chi connectivity index (χ0n) is 14.2. The van der Waals surface area contributed by atoms with E-state index in [4.69, 9.17) is 0 Å². The van der Waals surface area contributed by atoms with Crippen LogP contribution in [-0.4, -0.2) is 26.2 Å². The van der Waals surface area contributed by atoms with Gasteiger partial charge < -0.3 is 10.2 Å². The van der Waals surface area contributed by atoms with Crippen LogP contribution < -0.4 is 10.2 Å². The number of hydrogen-bond acceptors (Lipinski definition) is 2. The van der Waals surface area contributed by atoms with Crippen LogP contribution in [0.3, 0.4) is 0 Å². The Bertz CT molecular complexity index is 396. The number of benzene rings is 1. The Morgan fingerprint density at radius 1 is 1.25 bits per heavy atom. The van der Waals surface area contributed by atoms with E-state index in [-0.39, 0.29) is 5.41 Å². The van der Waals surface area contributed by atoms with Crippen LogP contribution in [0.25, 0.3) is 0 Å². The Kier molecular flexibility index (Phi) is 6.54. The minimum absolute atomic E-state index is 0.272.